The summed E-state index contributed by atoms with van der Waals surface area (Å²) in [7, 11) is 1.36. The number of aromatic nitrogens is 1. The summed E-state index contributed by atoms with van der Waals surface area (Å²) >= 11 is 6.85. The Morgan fingerprint density at radius 3 is 3.00 bits per heavy atom. The van der Waals surface area contributed by atoms with E-state index >= 15 is 0 Å². The van der Waals surface area contributed by atoms with E-state index in [1.807, 2.05) is 0 Å². The first-order valence-electron chi connectivity index (χ1n) is 3.49. The molecule has 13 heavy (non-hydrogen) atoms. The van der Waals surface area contributed by atoms with Crippen molar-refractivity contribution in [1.82, 2.24) is 4.98 Å². The second-order valence-electron chi connectivity index (χ2n) is 2.35. The molecule has 0 saturated heterocycles. The lowest BCUT2D eigenvalue weighted by molar-refractivity contribution is -0.148. The number of hydrogen-bond donors (Lipinski definition) is 1. The van der Waals surface area contributed by atoms with E-state index in [2.05, 4.69) is 4.98 Å². The van der Waals surface area contributed by atoms with Crippen LogP contribution in [0.2, 0.25) is 4.47 Å². The van der Waals surface area contributed by atoms with E-state index in [1.54, 1.807) is 6.20 Å². The Morgan fingerprint density at radius 1 is 1.92 bits per heavy atom. The SMILES string of the molecule is COC(Cc1cnc(Cl)s1)C(=O)O. The van der Waals surface area contributed by atoms with Crippen LogP contribution in [0.25, 0.3) is 0 Å². The second kappa shape index (κ2) is 4.55. The van der Waals surface area contributed by atoms with Crippen LogP contribution in [-0.2, 0) is 16.0 Å². The normalized spacial score (nSPS) is 12.8. The first-order valence-corrected chi connectivity index (χ1v) is 4.68. The van der Waals surface area contributed by atoms with Crippen molar-refractivity contribution in [2.45, 2.75) is 12.5 Å². The second-order valence-corrected chi connectivity index (χ2v) is 4.04. The Morgan fingerprint density at radius 2 is 2.62 bits per heavy atom. The molecule has 1 aromatic rings. The highest BCUT2D eigenvalue weighted by atomic mass is 35.5. The van der Waals surface area contributed by atoms with Crippen molar-refractivity contribution in [2.24, 2.45) is 0 Å². The van der Waals surface area contributed by atoms with E-state index in [9.17, 15) is 4.79 Å². The van der Waals surface area contributed by atoms with Gasteiger partial charge in [0.1, 0.15) is 0 Å². The minimum atomic E-state index is -0.980. The minimum Gasteiger partial charge on any atom is -0.479 e. The number of aliphatic carboxylic acids is 1. The Hall–Kier alpha value is -0.650. The number of carbonyl (C=O) groups is 1. The zero-order valence-electron chi connectivity index (χ0n) is 6.86. The molecule has 0 aromatic carbocycles. The molecule has 0 aliphatic heterocycles. The monoisotopic (exact) mass is 221 g/mol. The third-order valence-electron chi connectivity index (χ3n) is 1.47. The highest BCUT2D eigenvalue weighted by Gasteiger charge is 2.17. The molecule has 4 nitrogen and oxygen atoms in total. The number of carboxylic acid groups (broad SMARTS) is 1. The highest BCUT2D eigenvalue weighted by Crippen LogP contribution is 2.19. The number of methoxy groups -OCH3 is 1. The van der Waals surface area contributed by atoms with Gasteiger partial charge < -0.3 is 9.84 Å². The fraction of sp³-hybridized carbons (Fsp3) is 0.429. The summed E-state index contributed by atoms with van der Waals surface area (Å²) < 4.78 is 5.17. The van der Waals surface area contributed by atoms with E-state index in [4.69, 9.17) is 21.4 Å². The zero-order valence-corrected chi connectivity index (χ0v) is 8.43. The van der Waals surface area contributed by atoms with Crippen molar-refractivity contribution in [3.63, 3.8) is 0 Å². The summed E-state index contributed by atoms with van der Waals surface area (Å²) in [4.78, 5) is 15.2. The molecular formula is C7H8ClNO3S. The zero-order chi connectivity index (χ0) is 9.84. The van der Waals surface area contributed by atoms with Gasteiger partial charge >= 0.3 is 5.97 Å². The molecule has 0 fully saturated rings. The fourth-order valence-electron chi connectivity index (χ4n) is 0.832. The first-order chi connectivity index (χ1) is 6.13. The Labute approximate surface area is 84.1 Å². The summed E-state index contributed by atoms with van der Waals surface area (Å²) in [6.07, 6.45) is 1.04. The molecule has 1 rings (SSSR count). The topological polar surface area (TPSA) is 59.4 Å². The summed E-state index contributed by atoms with van der Waals surface area (Å²) in [5, 5.41) is 8.67. The number of ether oxygens (including phenoxy) is 1. The number of hydrogen-bond acceptors (Lipinski definition) is 4. The number of rotatable bonds is 4. The molecular weight excluding hydrogens is 214 g/mol. The van der Waals surface area contributed by atoms with Crippen LogP contribution in [0.15, 0.2) is 6.20 Å². The van der Waals surface area contributed by atoms with Gasteiger partial charge in [-0.25, -0.2) is 9.78 Å². The van der Waals surface area contributed by atoms with Gasteiger partial charge in [0, 0.05) is 24.6 Å². The molecule has 1 heterocycles. The van der Waals surface area contributed by atoms with Crippen LogP contribution in [-0.4, -0.2) is 29.3 Å². The molecule has 1 atom stereocenters. The molecule has 0 bridgehead atoms. The molecule has 1 unspecified atom stereocenters. The molecule has 6 heteroatoms. The predicted octanol–water partition coefficient (Wildman–Crippen LogP) is 1.44. The van der Waals surface area contributed by atoms with E-state index in [0.717, 1.165) is 4.88 Å². The highest BCUT2D eigenvalue weighted by molar-refractivity contribution is 7.15. The fourth-order valence-corrected chi connectivity index (χ4v) is 1.84. The van der Waals surface area contributed by atoms with Gasteiger partial charge in [-0.05, 0) is 0 Å². The summed E-state index contributed by atoms with van der Waals surface area (Å²) in [5.74, 6) is -0.980. The third kappa shape index (κ3) is 2.95. The van der Waals surface area contributed by atoms with Crippen molar-refractivity contribution in [1.29, 1.82) is 0 Å². The smallest absolute Gasteiger partial charge is 0.333 e. The number of carboxylic acids is 1. The largest absolute Gasteiger partial charge is 0.479 e. The number of halogens is 1. The van der Waals surface area contributed by atoms with Crippen molar-refractivity contribution < 1.29 is 14.6 Å². The standard InChI is InChI=1S/C7H8ClNO3S/c1-12-5(6(10)11)2-4-3-9-7(8)13-4/h3,5H,2H2,1H3,(H,10,11). The third-order valence-corrected chi connectivity index (χ3v) is 2.61. The van der Waals surface area contributed by atoms with Gasteiger partial charge in [0.15, 0.2) is 10.6 Å². The van der Waals surface area contributed by atoms with Crippen molar-refractivity contribution in [3.8, 4) is 0 Å². The van der Waals surface area contributed by atoms with Gasteiger partial charge in [-0.1, -0.05) is 11.6 Å². The molecule has 0 amide bonds. The predicted molar refractivity (Wildman–Crippen MR) is 49.3 cm³/mol. The number of thiazole rings is 1. The van der Waals surface area contributed by atoms with Crippen molar-refractivity contribution in [3.05, 3.63) is 15.5 Å². The van der Waals surface area contributed by atoms with Crippen molar-refractivity contribution in [2.75, 3.05) is 7.11 Å². The van der Waals surface area contributed by atoms with Crippen LogP contribution in [0, 0.1) is 0 Å². The summed E-state index contributed by atoms with van der Waals surface area (Å²) in [5.41, 5.74) is 0. The van der Waals surface area contributed by atoms with Gasteiger partial charge in [0.25, 0.3) is 0 Å². The summed E-state index contributed by atoms with van der Waals surface area (Å²) in [6, 6.07) is 0. The molecule has 1 aromatic heterocycles. The molecule has 0 aliphatic rings. The Bertz CT molecular complexity index is 302. The van der Waals surface area contributed by atoms with Crippen LogP contribution in [0.5, 0.6) is 0 Å². The van der Waals surface area contributed by atoms with E-state index in [-0.39, 0.29) is 0 Å². The van der Waals surface area contributed by atoms with Crippen LogP contribution >= 0.6 is 22.9 Å². The average molecular weight is 222 g/mol. The first kappa shape index (κ1) is 10.4. The van der Waals surface area contributed by atoms with Gasteiger partial charge in [0.05, 0.1) is 0 Å². The van der Waals surface area contributed by atoms with Gasteiger partial charge in [-0.15, -0.1) is 11.3 Å². The van der Waals surface area contributed by atoms with Gasteiger partial charge in [0.2, 0.25) is 0 Å². The van der Waals surface area contributed by atoms with Crippen LogP contribution in [0.3, 0.4) is 0 Å². The van der Waals surface area contributed by atoms with Crippen LogP contribution in [0.4, 0.5) is 0 Å². The van der Waals surface area contributed by atoms with Crippen LogP contribution < -0.4 is 0 Å². The molecule has 0 spiro atoms. The molecule has 0 radical (unpaired) electrons. The summed E-state index contributed by atoms with van der Waals surface area (Å²) in [6.45, 7) is 0. The quantitative estimate of drug-likeness (QED) is 0.836. The maximum Gasteiger partial charge on any atom is 0.333 e. The lowest BCUT2D eigenvalue weighted by Crippen LogP contribution is -2.24. The molecule has 1 N–H and O–H groups in total. The van der Waals surface area contributed by atoms with Crippen LogP contribution in [0.1, 0.15) is 4.88 Å². The van der Waals surface area contributed by atoms with Gasteiger partial charge in [-0.3, -0.25) is 0 Å². The van der Waals surface area contributed by atoms with Crippen molar-refractivity contribution >= 4 is 28.9 Å². The molecule has 0 saturated carbocycles. The minimum absolute atomic E-state index is 0.302. The molecule has 72 valence electrons. The maximum absolute atomic E-state index is 10.6. The molecule has 0 aliphatic carbocycles. The maximum atomic E-state index is 10.6. The Kier molecular flexibility index (Phi) is 3.65. The Balaban J connectivity index is 2.61. The lowest BCUT2D eigenvalue weighted by Gasteiger charge is -2.07. The van der Waals surface area contributed by atoms with Gasteiger partial charge in [-0.2, -0.15) is 0 Å². The van der Waals surface area contributed by atoms with E-state index in [1.165, 1.54) is 18.4 Å². The van der Waals surface area contributed by atoms with E-state index in [0.29, 0.717) is 10.9 Å². The lowest BCUT2D eigenvalue weighted by atomic mass is 10.2. The number of nitrogens with zero attached hydrogens (tertiary/aromatic N) is 1. The average Bonchev–Trinajstić information content (AvgIpc) is 2.46. The van der Waals surface area contributed by atoms with E-state index < -0.39 is 12.1 Å².